The van der Waals surface area contributed by atoms with Crippen molar-refractivity contribution < 1.29 is 17.4 Å². The van der Waals surface area contributed by atoms with Gasteiger partial charge in [0.25, 0.3) is 0 Å². The van der Waals surface area contributed by atoms with Crippen LogP contribution in [0.2, 0.25) is 0 Å². The van der Waals surface area contributed by atoms with E-state index in [1.807, 2.05) is 0 Å². The molecule has 23 heavy (non-hydrogen) atoms. The Kier molecular flexibility index (Phi) is 3.82. The van der Waals surface area contributed by atoms with E-state index < -0.39 is 15.8 Å². The van der Waals surface area contributed by atoms with Crippen LogP contribution in [0.4, 0.5) is 0 Å². The maximum atomic E-state index is 12.3. The lowest BCUT2D eigenvalue weighted by atomic mass is 10.1. The molecule has 3 rings (SSSR count). The monoisotopic (exact) mass is 337 g/mol. The first-order valence-corrected chi connectivity index (χ1v) is 8.39. The maximum Gasteiger partial charge on any atom is 0.417 e. The van der Waals surface area contributed by atoms with Gasteiger partial charge in [-0.15, -0.1) is 0 Å². The zero-order valence-electron chi connectivity index (χ0n) is 12.5. The van der Waals surface area contributed by atoms with Crippen molar-refractivity contribution in [3.63, 3.8) is 0 Å². The molecule has 0 aliphatic carbocycles. The highest BCUT2D eigenvalue weighted by atomic mass is 32.2. The molecule has 0 aliphatic heterocycles. The van der Waals surface area contributed by atoms with E-state index in [1.165, 1.54) is 0 Å². The molecule has 0 saturated heterocycles. The number of aryl methyl sites for hydroxylation is 2. The summed E-state index contributed by atoms with van der Waals surface area (Å²) < 4.78 is 36.9. The Labute approximate surface area is 131 Å². The Bertz CT molecular complexity index is 993. The molecule has 0 saturated carbocycles. The standard InChI is InChI=1S/C14H15N3O5S/c1-8-13(9(2)22-17-8)23(19,20)15-6-5-10-3-4-12-11(7-10)16-14(18)21-12/h3-4,7,15H,5-6H2,1-2H3,(H,16,18). The number of fused-ring (bicyclic) bond motifs is 1. The van der Waals surface area contributed by atoms with E-state index >= 15 is 0 Å². The van der Waals surface area contributed by atoms with Gasteiger partial charge in [0.1, 0.15) is 10.6 Å². The zero-order chi connectivity index (χ0) is 16.6. The summed E-state index contributed by atoms with van der Waals surface area (Å²) in [5.74, 6) is -0.261. The Morgan fingerprint density at radius 3 is 2.78 bits per heavy atom. The second kappa shape index (κ2) is 5.67. The number of oxazole rings is 1. The summed E-state index contributed by atoms with van der Waals surface area (Å²) in [5, 5.41) is 3.65. The molecule has 0 aliphatic rings. The molecule has 2 heterocycles. The molecular weight excluding hydrogens is 322 g/mol. The Morgan fingerprint density at radius 1 is 1.30 bits per heavy atom. The first-order chi connectivity index (χ1) is 10.9. The normalized spacial score (nSPS) is 12.1. The van der Waals surface area contributed by atoms with Gasteiger partial charge in [0.15, 0.2) is 11.3 Å². The average Bonchev–Trinajstić information content (AvgIpc) is 3.00. The largest absolute Gasteiger partial charge is 0.417 e. The molecule has 1 aromatic carbocycles. The van der Waals surface area contributed by atoms with E-state index in [9.17, 15) is 13.2 Å². The number of benzene rings is 1. The third-order valence-corrected chi connectivity index (χ3v) is 5.13. The lowest BCUT2D eigenvalue weighted by Crippen LogP contribution is -2.26. The molecule has 0 radical (unpaired) electrons. The van der Waals surface area contributed by atoms with Crippen LogP contribution >= 0.6 is 0 Å². The number of aromatic nitrogens is 2. The molecule has 122 valence electrons. The number of nitrogens with zero attached hydrogens (tertiary/aromatic N) is 1. The fraction of sp³-hybridized carbons (Fsp3) is 0.286. The topological polar surface area (TPSA) is 118 Å². The minimum absolute atomic E-state index is 0.0760. The van der Waals surface area contributed by atoms with Crippen molar-refractivity contribution in [2.24, 2.45) is 0 Å². The van der Waals surface area contributed by atoms with E-state index in [0.717, 1.165) is 5.56 Å². The van der Waals surface area contributed by atoms with Crippen LogP contribution in [0.15, 0.2) is 36.8 Å². The van der Waals surface area contributed by atoms with Crippen LogP contribution in [0.3, 0.4) is 0 Å². The molecule has 2 N–H and O–H groups in total. The van der Waals surface area contributed by atoms with Crippen molar-refractivity contribution in [1.82, 2.24) is 14.9 Å². The number of sulfonamides is 1. The van der Waals surface area contributed by atoms with Gasteiger partial charge in [-0.2, -0.15) is 0 Å². The van der Waals surface area contributed by atoms with Crippen molar-refractivity contribution in [3.05, 3.63) is 45.8 Å². The van der Waals surface area contributed by atoms with Gasteiger partial charge in [0.2, 0.25) is 10.0 Å². The predicted molar refractivity (Wildman–Crippen MR) is 81.7 cm³/mol. The van der Waals surface area contributed by atoms with E-state index in [2.05, 4.69) is 14.9 Å². The highest BCUT2D eigenvalue weighted by molar-refractivity contribution is 7.89. The quantitative estimate of drug-likeness (QED) is 0.723. The van der Waals surface area contributed by atoms with E-state index in [-0.39, 0.29) is 17.2 Å². The van der Waals surface area contributed by atoms with E-state index in [1.54, 1.807) is 32.0 Å². The summed E-state index contributed by atoms with van der Waals surface area (Å²) in [5.41, 5.74) is 2.25. The Morgan fingerprint density at radius 2 is 2.09 bits per heavy atom. The molecule has 0 spiro atoms. The fourth-order valence-electron chi connectivity index (χ4n) is 2.41. The van der Waals surface area contributed by atoms with Crippen molar-refractivity contribution >= 4 is 21.1 Å². The van der Waals surface area contributed by atoms with E-state index in [4.69, 9.17) is 8.94 Å². The van der Waals surface area contributed by atoms with Crippen molar-refractivity contribution in [2.75, 3.05) is 6.54 Å². The second-order valence-electron chi connectivity index (χ2n) is 5.15. The van der Waals surface area contributed by atoms with E-state index in [0.29, 0.717) is 23.2 Å². The van der Waals surface area contributed by atoms with Crippen LogP contribution in [0.1, 0.15) is 17.0 Å². The smallest absolute Gasteiger partial charge is 0.408 e. The first kappa shape index (κ1) is 15.5. The van der Waals surface area contributed by atoms with Gasteiger partial charge >= 0.3 is 5.76 Å². The SMILES string of the molecule is Cc1noc(C)c1S(=O)(=O)NCCc1ccc2oc(=O)[nH]c2c1. The molecule has 0 atom stereocenters. The number of H-pyrrole nitrogens is 1. The van der Waals surface area contributed by atoms with Gasteiger partial charge in [-0.1, -0.05) is 11.2 Å². The molecule has 8 nitrogen and oxygen atoms in total. The van der Waals surface area contributed by atoms with Gasteiger partial charge in [-0.3, -0.25) is 4.98 Å². The highest BCUT2D eigenvalue weighted by Gasteiger charge is 2.23. The lowest BCUT2D eigenvalue weighted by molar-refractivity contribution is 0.390. The van der Waals surface area contributed by atoms with Gasteiger partial charge in [-0.05, 0) is 38.0 Å². The highest BCUT2D eigenvalue weighted by Crippen LogP contribution is 2.18. The minimum Gasteiger partial charge on any atom is -0.408 e. The molecule has 9 heteroatoms. The van der Waals surface area contributed by atoms with Crippen molar-refractivity contribution in [1.29, 1.82) is 0 Å². The molecule has 2 aromatic heterocycles. The number of aromatic amines is 1. The average molecular weight is 337 g/mol. The third kappa shape index (κ3) is 3.06. The zero-order valence-corrected chi connectivity index (χ0v) is 13.4. The van der Waals surface area contributed by atoms with Crippen LogP contribution in [-0.4, -0.2) is 25.1 Å². The number of rotatable bonds is 5. The van der Waals surface area contributed by atoms with Crippen LogP contribution in [-0.2, 0) is 16.4 Å². The molecule has 0 bridgehead atoms. The Balaban J connectivity index is 1.71. The summed E-state index contributed by atoms with van der Waals surface area (Å²) >= 11 is 0. The molecular formula is C14H15N3O5S. The summed E-state index contributed by atoms with van der Waals surface area (Å²) in [6, 6.07) is 5.21. The number of hydrogen-bond donors (Lipinski definition) is 2. The number of nitrogens with one attached hydrogen (secondary N) is 2. The van der Waals surface area contributed by atoms with Gasteiger partial charge < -0.3 is 8.94 Å². The van der Waals surface area contributed by atoms with Crippen LogP contribution in [0.25, 0.3) is 11.1 Å². The predicted octanol–water partition coefficient (Wildman–Crippen LogP) is 1.25. The van der Waals surface area contributed by atoms with Crippen LogP contribution in [0, 0.1) is 13.8 Å². The Hall–Kier alpha value is -2.39. The molecule has 3 aromatic rings. The lowest BCUT2D eigenvalue weighted by Gasteiger charge is -2.06. The molecule has 0 fully saturated rings. The molecule has 0 amide bonds. The maximum absolute atomic E-state index is 12.3. The van der Waals surface area contributed by atoms with Crippen LogP contribution < -0.4 is 10.5 Å². The summed E-state index contributed by atoms with van der Waals surface area (Å²) in [7, 11) is -3.67. The summed E-state index contributed by atoms with van der Waals surface area (Å²) in [6.07, 6.45) is 0.464. The van der Waals surface area contributed by atoms with Crippen molar-refractivity contribution in [3.8, 4) is 0 Å². The third-order valence-electron chi connectivity index (χ3n) is 3.43. The van der Waals surface area contributed by atoms with Gasteiger partial charge in [0, 0.05) is 6.54 Å². The molecule has 0 unspecified atom stereocenters. The minimum atomic E-state index is -3.67. The van der Waals surface area contributed by atoms with Crippen LogP contribution in [0.5, 0.6) is 0 Å². The van der Waals surface area contributed by atoms with Gasteiger partial charge in [0.05, 0.1) is 5.52 Å². The second-order valence-corrected chi connectivity index (χ2v) is 6.85. The summed E-state index contributed by atoms with van der Waals surface area (Å²) in [6.45, 7) is 3.34. The first-order valence-electron chi connectivity index (χ1n) is 6.91. The fourth-order valence-corrected chi connectivity index (χ4v) is 3.77. The van der Waals surface area contributed by atoms with Gasteiger partial charge in [-0.25, -0.2) is 17.9 Å². The number of hydrogen-bond acceptors (Lipinski definition) is 6. The van der Waals surface area contributed by atoms with Crippen molar-refractivity contribution in [2.45, 2.75) is 25.2 Å². The summed E-state index contributed by atoms with van der Waals surface area (Å²) in [4.78, 5) is 13.7.